The maximum Gasteiger partial charge on any atom is 0.229 e. The highest BCUT2D eigenvalue weighted by Gasteiger charge is 2.28. The summed E-state index contributed by atoms with van der Waals surface area (Å²) in [4.78, 5) is 11.4. The molecule has 4 rings (SSSR count). The van der Waals surface area contributed by atoms with Gasteiger partial charge in [-0.1, -0.05) is 11.6 Å². The van der Waals surface area contributed by atoms with Gasteiger partial charge in [0.2, 0.25) is 5.95 Å². The number of rotatable bonds is 2. The van der Waals surface area contributed by atoms with Gasteiger partial charge >= 0.3 is 0 Å². The van der Waals surface area contributed by atoms with E-state index >= 15 is 0 Å². The van der Waals surface area contributed by atoms with E-state index < -0.39 is 0 Å². The Morgan fingerprint density at radius 1 is 1.30 bits per heavy atom. The predicted octanol–water partition coefficient (Wildman–Crippen LogP) is 0.994. The van der Waals surface area contributed by atoms with Crippen molar-refractivity contribution < 1.29 is 0 Å². The Balaban J connectivity index is 1.91. The van der Waals surface area contributed by atoms with E-state index in [1.807, 2.05) is 11.6 Å². The molecule has 0 aliphatic carbocycles. The van der Waals surface area contributed by atoms with Crippen molar-refractivity contribution in [2.24, 2.45) is 0 Å². The van der Waals surface area contributed by atoms with Crippen LogP contribution in [-0.2, 0) is 0 Å². The Bertz CT molecular complexity index is 787. The number of benzene rings is 1. The van der Waals surface area contributed by atoms with Gasteiger partial charge < -0.3 is 10.2 Å². The first-order chi connectivity index (χ1) is 9.76. The quantitative estimate of drug-likeness (QED) is 0.751. The van der Waals surface area contributed by atoms with Crippen molar-refractivity contribution in [3.63, 3.8) is 0 Å². The normalized spacial score (nSPS) is 16.0. The summed E-state index contributed by atoms with van der Waals surface area (Å²) in [5.41, 5.74) is 3.05. The number of likely N-dealkylation sites (N-methyl/N-ethyl adjacent to an activating group) is 1. The first kappa shape index (κ1) is 11.6. The summed E-state index contributed by atoms with van der Waals surface area (Å²) in [6.45, 7) is 3.98. The second-order valence-corrected chi connectivity index (χ2v) is 5.32. The molecule has 102 valence electrons. The number of aryl methyl sites for hydroxylation is 1. The van der Waals surface area contributed by atoms with Crippen LogP contribution in [0.2, 0.25) is 0 Å². The molecule has 1 fully saturated rings. The van der Waals surface area contributed by atoms with Crippen LogP contribution in [0.1, 0.15) is 5.56 Å². The fraction of sp³-hybridized carbons (Fsp3) is 0.357. The number of hydrogen-bond acceptors (Lipinski definition) is 5. The lowest BCUT2D eigenvalue weighted by Gasteiger charge is -2.39. The van der Waals surface area contributed by atoms with Gasteiger partial charge in [0, 0.05) is 24.5 Å². The fourth-order valence-corrected chi connectivity index (χ4v) is 2.68. The van der Waals surface area contributed by atoms with E-state index in [0.29, 0.717) is 6.04 Å². The average Bonchev–Trinajstić information content (AvgIpc) is 2.87. The molecule has 1 N–H and O–H groups in total. The second-order valence-electron chi connectivity index (χ2n) is 5.32. The monoisotopic (exact) mass is 268 g/mol. The standard InChI is InChI=1S/C14H16N6/c1-9-3-4-12-11(5-9)13-16-8-17-20(13)14(18-12)19-6-10(7-19)15-2/h3-5,8,10,15H,6-7H2,1-2H3. The number of fused-ring (bicyclic) bond motifs is 3. The van der Waals surface area contributed by atoms with Gasteiger partial charge in [0.15, 0.2) is 5.65 Å². The molecule has 0 bridgehead atoms. The lowest BCUT2D eigenvalue weighted by molar-refractivity contribution is 0.440. The van der Waals surface area contributed by atoms with E-state index in [-0.39, 0.29) is 0 Å². The van der Waals surface area contributed by atoms with Crippen molar-refractivity contribution in [2.45, 2.75) is 13.0 Å². The molecule has 1 aromatic carbocycles. The van der Waals surface area contributed by atoms with Crippen molar-refractivity contribution >= 4 is 22.5 Å². The third-order valence-electron chi connectivity index (χ3n) is 3.92. The zero-order valence-corrected chi connectivity index (χ0v) is 11.5. The molecule has 1 saturated heterocycles. The van der Waals surface area contributed by atoms with Gasteiger partial charge in [0.05, 0.1) is 5.52 Å². The summed E-state index contributed by atoms with van der Waals surface area (Å²) in [7, 11) is 1.99. The molecule has 20 heavy (non-hydrogen) atoms. The molecule has 0 unspecified atom stereocenters. The van der Waals surface area contributed by atoms with E-state index in [1.165, 1.54) is 5.56 Å². The van der Waals surface area contributed by atoms with Crippen LogP contribution in [0, 0.1) is 6.92 Å². The van der Waals surface area contributed by atoms with Crippen LogP contribution in [0.15, 0.2) is 24.5 Å². The average molecular weight is 268 g/mol. The van der Waals surface area contributed by atoms with E-state index in [4.69, 9.17) is 4.98 Å². The van der Waals surface area contributed by atoms with E-state index in [0.717, 1.165) is 35.6 Å². The van der Waals surface area contributed by atoms with Gasteiger partial charge in [0.25, 0.3) is 0 Å². The van der Waals surface area contributed by atoms with Crippen molar-refractivity contribution in [1.29, 1.82) is 0 Å². The maximum atomic E-state index is 4.77. The van der Waals surface area contributed by atoms with Crippen LogP contribution < -0.4 is 10.2 Å². The van der Waals surface area contributed by atoms with Crippen LogP contribution in [0.4, 0.5) is 5.95 Å². The first-order valence-electron chi connectivity index (χ1n) is 6.78. The zero-order chi connectivity index (χ0) is 13.7. The summed E-state index contributed by atoms with van der Waals surface area (Å²) in [6.07, 6.45) is 1.59. The van der Waals surface area contributed by atoms with Gasteiger partial charge in [-0.25, -0.2) is 9.97 Å². The molecule has 3 heterocycles. The summed E-state index contributed by atoms with van der Waals surface area (Å²) in [5.74, 6) is 0.875. The Morgan fingerprint density at radius 2 is 2.15 bits per heavy atom. The van der Waals surface area contributed by atoms with E-state index in [9.17, 15) is 0 Å². The third kappa shape index (κ3) is 1.58. The molecule has 3 aromatic rings. The maximum absolute atomic E-state index is 4.77. The van der Waals surface area contributed by atoms with Gasteiger partial charge in [-0.05, 0) is 26.1 Å². The number of aromatic nitrogens is 4. The van der Waals surface area contributed by atoms with Gasteiger partial charge in [-0.15, -0.1) is 0 Å². The smallest absolute Gasteiger partial charge is 0.229 e. The Kier molecular flexibility index (Phi) is 2.40. The largest absolute Gasteiger partial charge is 0.337 e. The highest BCUT2D eigenvalue weighted by atomic mass is 15.4. The minimum Gasteiger partial charge on any atom is -0.337 e. The van der Waals surface area contributed by atoms with Gasteiger partial charge in [-0.2, -0.15) is 9.61 Å². The van der Waals surface area contributed by atoms with E-state index in [2.05, 4.69) is 45.4 Å². The van der Waals surface area contributed by atoms with Crippen molar-refractivity contribution in [3.8, 4) is 0 Å². The van der Waals surface area contributed by atoms with Crippen molar-refractivity contribution in [3.05, 3.63) is 30.1 Å². The lowest BCUT2D eigenvalue weighted by atomic mass is 10.1. The van der Waals surface area contributed by atoms with Crippen LogP contribution >= 0.6 is 0 Å². The zero-order valence-electron chi connectivity index (χ0n) is 11.5. The molecular formula is C14H16N6. The minimum atomic E-state index is 0.532. The number of hydrogen-bond donors (Lipinski definition) is 1. The molecule has 0 spiro atoms. The Hall–Kier alpha value is -2.21. The van der Waals surface area contributed by atoms with Crippen LogP contribution in [0.25, 0.3) is 16.6 Å². The van der Waals surface area contributed by atoms with Crippen molar-refractivity contribution in [2.75, 3.05) is 25.0 Å². The van der Waals surface area contributed by atoms with Crippen LogP contribution in [0.5, 0.6) is 0 Å². The molecule has 0 atom stereocenters. The topological polar surface area (TPSA) is 58.3 Å². The van der Waals surface area contributed by atoms with Crippen LogP contribution in [-0.4, -0.2) is 45.8 Å². The summed E-state index contributed by atoms with van der Waals surface area (Å²) >= 11 is 0. The highest BCUT2D eigenvalue weighted by Crippen LogP contribution is 2.25. The Labute approximate surface area is 116 Å². The molecule has 1 aliphatic heterocycles. The van der Waals surface area contributed by atoms with Crippen molar-refractivity contribution in [1.82, 2.24) is 24.9 Å². The summed E-state index contributed by atoms with van der Waals surface area (Å²) < 4.78 is 1.84. The highest BCUT2D eigenvalue weighted by molar-refractivity contribution is 5.92. The van der Waals surface area contributed by atoms with Gasteiger partial charge in [-0.3, -0.25) is 0 Å². The summed E-state index contributed by atoms with van der Waals surface area (Å²) in [6, 6.07) is 6.78. The van der Waals surface area contributed by atoms with Crippen LogP contribution in [0.3, 0.4) is 0 Å². The number of anilines is 1. The minimum absolute atomic E-state index is 0.532. The molecule has 1 aliphatic rings. The van der Waals surface area contributed by atoms with E-state index in [1.54, 1.807) is 6.33 Å². The molecule has 0 radical (unpaired) electrons. The molecule has 6 nitrogen and oxygen atoms in total. The first-order valence-corrected chi connectivity index (χ1v) is 6.78. The predicted molar refractivity (Wildman–Crippen MR) is 78.1 cm³/mol. The second kappa shape index (κ2) is 4.14. The molecular weight excluding hydrogens is 252 g/mol. The fourth-order valence-electron chi connectivity index (χ4n) is 2.68. The summed E-state index contributed by atoms with van der Waals surface area (Å²) in [5, 5.41) is 8.66. The molecule has 2 aromatic heterocycles. The number of nitrogens with one attached hydrogen (secondary N) is 1. The third-order valence-corrected chi connectivity index (χ3v) is 3.92. The van der Waals surface area contributed by atoms with Gasteiger partial charge in [0.1, 0.15) is 6.33 Å². The SMILES string of the molecule is CNC1CN(c2nc3ccc(C)cc3c3ncnn23)C1. The number of nitrogens with zero attached hydrogens (tertiary/aromatic N) is 5. The lowest BCUT2D eigenvalue weighted by Crippen LogP contribution is -2.58. The Morgan fingerprint density at radius 3 is 2.95 bits per heavy atom. The molecule has 0 amide bonds. The molecule has 6 heteroatoms. The molecule has 0 saturated carbocycles.